The molecule has 2 aromatic rings. The fourth-order valence-corrected chi connectivity index (χ4v) is 1.86. The lowest BCUT2D eigenvalue weighted by atomic mass is 10.1. The summed E-state index contributed by atoms with van der Waals surface area (Å²) in [7, 11) is 0. The minimum atomic E-state index is 0.543. The smallest absolute Gasteiger partial charge is 0.223 e. The molecule has 18 heavy (non-hydrogen) atoms. The van der Waals surface area contributed by atoms with Gasteiger partial charge in [0.25, 0.3) is 0 Å². The molecule has 0 saturated carbocycles. The average molecular weight is 261 g/mol. The molecule has 1 heterocycles. The largest absolute Gasteiger partial charge is 0.439 e. The number of nitrogen functional groups attached to an aromatic ring is 1. The molecule has 0 fully saturated rings. The third-order valence-corrected chi connectivity index (χ3v) is 3.13. The molecule has 2 N–H and O–H groups in total. The molecular weight excluding hydrogens is 246 g/mol. The number of aromatic nitrogens is 2. The molecule has 0 aliphatic heterocycles. The maximum Gasteiger partial charge on any atom is 0.223 e. The number of anilines is 1. The van der Waals surface area contributed by atoms with Crippen molar-refractivity contribution in [3.05, 3.63) is 35.5 Å². The topological polar surface area (TPSA) is 61.0 Å². The van der Waals surface area contributed by atoms with Crippen molar-refractivity contribution >= 4 is 17.4 Å². The first-order valence-corrected chi connectivity index (χ1v) is 6.74. The molecule has 0 atom stereocenters. The van der Waals surface area contributed by atoms with E-state index in [0.717, 1.165) is 22.6 Å². The summed E-state index contributed by atoms with van der Waals surface area (Å²) in [5, 5.41) is 0.692. The minimum absolute atomic E-state index is 0.543. The zero-order valence-electron chi connectivity index (χ0n) is 10.6. The lowest BCUT2D eigenvalue weighted by Crippen LogP contribution is -1.96. The highest BCUT2D eigenvalue weighted by atomic mass is 32.2. The van der Waals surface area contributed by atoms with E-state index in [2.05, 4.69) is 9.97 Å². The van der Waals surface area contributed by atoms with E-state index in [4.69, 9.17) is 10.5 Å². The first-order chi connectivity index (χ1) is 8.60. The van der Waals surface area contributed by atoms with Crippen LogP contribution in [0.25, 0.3) is 0 Å². The van der Waals surface area contributed by atoms with Crippen LogP contribution in [-0.2, 0) is 0 Å². The summed E-state index contributed by atoms with van der Waals surface area (Å²) in [6.07, 6.45) is 3.62. The van der Waals surface area contributed by atoms with Crippen molar-refractivity contribution in [3.8, 4) is 11.6 Å². The Kier molecular flexibility index (Phi) is 3.72. The van der Waals surface area contributed by atoms with Crippen LogP contribution in [0.4, 0.5) is 5.69 Å². The average Bonchev–Trinajstić information content (AvgIpc) is 2.36. The Morgan fingerprint density at radius 2 is 2.00 bits per heavy atom. The molecule has 0 unspecified atom stereocenters. The number of aryl methyl sites for hydroxylation is 2. The van der Waals surface area contributed by atoms with E-state index in [1.54, 1.807) is 12.3 Å². The van der Waals surface area contributed by atoms with E-state index in [0.29, 0.717) is 11.0 Å². The van der Waals surface area contributed by atoms with Crippen LogP contribution in [0.5, 0.6) is 11.6 Å². The fraction of sp³-hybridized carbons (Fsp3) is 0.231. The van der Waals surface area contributed by atoms with Gasteiger partial charge in [-0.05, 0) is 43.4 Å². The summed E-state index contributed by atoms with van der Waals surface area (Å²) >= 11 is 1.48. The molecule has 94 valence electrons. The van der Waals surface area contributed by atoms with E-state index < -0.39 is 0 Å². The van der Waals surface area contributed by atoms with Gasteiger partial charge in [0.05, 0.1) is 0 Å². The first kappa shape index (κ1) is 12.7. The van der Waals surface area contributed by atoms with Crippen LogP contribution >= 0.6 is 11.8 Å². The first-order valence-electron chi connectivity index (χ1n) is 5.52. The van der Waals surface area contributed by atoms with Crippen LogP contribution in [-0.4, -0.2) is 16.2 Å². The number of hydrogen-bond acceptors (Lipinski definition) is 5. The Morgan fingerprint density at radius 3 is 2.72 bits per heavy atom. The van der Waals surface area contributed by atoms with Gasteiger partial charge in [0.15, 0.2) is 5.16 Å². The van der Waals surface area contributed by atoms with Gasteiger partial charge in [0, 0.05) is 18.0 Å². The van der Waals surface area contributed by atoms with Gasteiger partial charge in [-0.2, -0.15) is 4.98 Å². The van der Waals surface area contributed by atoms with Crippen molar-refractivity contribution in [2.24, 2.45) is 0 Å². The Bertz CT molecular complexity index is 572. The van der Waals surface area contributed by atoms with E-state index in [1.807, 2.05) is 32.2 Å². The highest BCUT2D eigenvalue weighted by Gasteiger charge is 2.06. The molecular formula is C13H15N3OS. The number of benzene rings is 1. The van der Waals surface area contributed by atoms with E-state index in [9.17, 15) is 0 Å². The molecule has 4 nitrogen and oxygen atoms in total. The summed E-state index contributed by atoms with van der Waals surface area (Å²) in [5.41, 5.74) is 8.60. The van der Waals surface area contributed by atoms with Crippen molar-refractivity contribution in [1.29, 1.82) is 0 Å². The van der Waals surface area contributed by atoms with Crippen molar-refractivity contribution in [3.63, 3.8) is 0 Å². The monoisotopic (exact) mass is 261 g/mol. The predicted octanol–water partition coefficient (Wildman–Crippen LogP) is 3.19. The molecule has 0 radical (unpaired) electrons. The zero-order chi connectivity index (χ0) is 13.1. The number of hydrogen-bond donors (Lipinski definition) is 1. The number of nitrogens with two attached hydrogens (primary N) is 1. The van der Waals surface area contributed by atoms with E-state index >= 15 is 0 Å². The molecule has 0 amide bonds. The number of rotatable bonds is 3. The van der Waals surface area contributed by atoms with Crippen molar-refractivity contribution in [2.75, 3.05) is 12.0 Å². The summed E-state index contributed by atoms with van der Waals surface area (Å²) in [5.74, 6) is 1.31. The molecule has 0 saturated heterocycles. The molecule has 0 spiro atoms. The van der Waals surface area contributed by atoms with Gasteiger partial charge in [-0.1, -0.05) is 11.8 Å². The van der Waals surface area contributed by atoms with Crippen LogP contribution in [0, 0.1) is 13.8 Å². The lowest BCUT2D eigenvalue weighted by molar-refractivity contribution is 0.452. The van der Waals surface area contributed by atoms with Crippen LogP contribution in [0.1, 0.15) is 11.1 Å². The van der Waals surface area contributed by atoms with Crippen LogP contribution < -0.4 is 10.5 Å². The van der Waals surface area contributed by atoms with Gasteiger partial charge in [0.2, 0.25) is 5.88 Å². The molecule has 0 aliphatic carbocycles. The lowest BCUT2D eigenvalue weighted by Gasteiger charge is -2.10. The van der Waals surface area contributed by atoms with Gasteiger partial charge in [-0.15, -0.1) is 0 Å². The summed E-state index contributed by atoms with van der Waals surface area (Å²) in [6.45, 7) is 3.91. The second kappa shape index (κ2) is 5.27. The van der Waals surface area contributed by atoms with Crippen LogP contribution in [0.3, 0.4) is 0 Å². The predicted molar refractivity (Wildman–Crippen MR) is 74.2 cm³/mol. The SMILES string of the molecule is CSc1nccc(Oc2cc(C)c(N)cc2C)n1. The molecule has 0 aliphatic rings. The van der Waals surface area contributed by atoms with E-state index in [1.165, 1.54) is 11.8 Å². The Morgan fingerprint density at radius 1 is 1.22 bits per heavy atom. The molecule has 1 aromatic heterocycles. The minimum Gasteiger partial charge on any atom is -0.439 e. The maximum atomic E-state index is 5.84. The number of nitrogens with zero attached hydrogens (tertiary/aromatic N) is 2. The van der Waals surface area contributed by atoms with Crippen LogP contribution in [0.15, 0.2) is 29.6 Å². The van der Waals surface area contributed by atoms with E-state index in [-0.39, 0.29) is 0 Å². The third-order valence-electron chi connectivity index (χ3n) is 2.57. The highest BCUT2D eigenvalue weighted by Crippen LogP contribution is 2.28. The van der Waals surface area contributed by atoms with Crippen LogP contribution in [0.2, 0.25) is 0 Å². The van der Waals surface area contributed by atoms with Crippen molar-refractivity contribution in [1.82, 2.24) is 9.97 Å². The number of thioether (sulfide) groups is 1. The third kappa shape index (κ3) is 2.73. The van der Waals surface area contributed by atoms with Gasteiger partial charge in [0.1, 0.15) is 5.75 Å². The molecule has 5 heteroatoms. The maximum absolute atomic E-state index is 5.84. The second-order valence-electron chi connectivity index (χ2n) is 3.96. The summed E-state index contributed by atoms with van der Waals surface area (Å²) < 4.78 is 5.77. The summed E-state index contributed by atoms with van der Waals surface area (Å²) in [6, 6.07) is 5.57. The Balaban J connectivity index is 2.30. The normalized spacial score (nSPS) is 10.4. The van der Waals surface area contributed by atoms with Gasteiger partial charge < -0.3 is 10.5 Å². The van der Waals surface area contributed by atoms with Gasteiger partial charge >= 0.3 is 0 Å². The molecule has 0 bridgehead atoms. The molecule has 1 aromatic carbocycles. The number of ether oxygens (including phenoxy) is 1. The quantitative estimate of drug-likeness (QED) is 0.522. The molecule has 2 rings (SSSR count). The summed E-state index contributed by atoms with van der Waals surface area (Å²) in [4.78, 5) is 8.38. The standard InChI is InChI=1S/C13H15N3OS/c1-8-7-11(9(2)6-10(8)14)17-12-4-5-15-13(16-12)18-3/h4-7H,14H2,1-3H3. The van der Waals surface area contributed by atoms with Gasteiger partial charge in [-0.3, -0.25) is 0 Å². The Hall–Kier alpha value is -1.75. The highest BCUT2D eigenvalue weighted by molar-refractivity contribution is 7.98. The fourth-order valence-electron chi connectivity index (χ4n) is 1.52. The zero-order valence-corrected chi connectivity index (χ0v) is 11.4. The van der Waals surface area contributed by atoms with Crippen molar-refractivity contribution < 1.29 is 4.74 Å². The van der Waals surface area contributed by atoms with Crippen molar-refractivity contribution in [2.45, 2.75) is 19.0 Å². The second-order valence-corrected chi connectivity index (χ2v) is 4.73. The Labute approximate surface area is 111 Å². The van der Waals surface area contributed by atoms with Gasteiger partial charge in [-0.25, -0.2) is 4.98 Å².